The molecule has 3 N–H and O–H groups in total. The maximum absolute atomic E-state index is 13.7. The number of nitrogens with one attached hydrogen (secondary N) is 1. The quantitative estimate of drug-likeness (QED) is 0.301. The minimum Gasteiger partial charge on any atom is -0.497 e. The summed E-state index contributed by atoms with van der Waals surface area (Å²) >= 11 is 0. The Bertz CT molecular complexity index is 1550. The highest BCUT2D eigenvalue weighted by molar-refractivity contribution is 5.98. The molecule has 1 aliphatic heterocycles. The van der Waals surface area contributed by atoms with Gasteiger partial charge in [0, 0.05) is 24.0 Å². The van der Waals surface area contributed by atoms with E-state index in [0.29, 0.717) is 22.8 Å². The molecular weight excluding hydrogens is 533 g/mol. The number of carbonyl (C=O) groups is 2. The molecule has 11 nitrogen and oxygen atoms in total. The first-order valence-electron chi connectivity index (χ1n) is 12.7. The average Bonchev–Trinajstić information content (AvgIpc) is 3.69. The number of primary amides is 1. The Morgan fingerprint density at radius 3 is 2.54 bits per heavy atom. The molecule has 5 rings (SSSR count). The summed E-state index contributed by atoms with van der Waals surface area (Å²) in [5.74, 6) is -2.53. The van der Waals surface area contributed by atoms with E-state index in [9.17, 15) is 14.0 Å². The number of hydrogen-bond acceptors (Lipinski definition) is 8. The van der Waals surface area contributed by atoms with E-state index in [0.717, 1.165) is 5.56 Å². The Labute approximate surface area is 235 Å². The molecule has 0 bridgehead atoms. The second-order valence-corrected chi connectivity index (χ2v) is 9.17. The standard InChI is InChI=1S/C29H28FN5O6/c1-38-20-8-5-18(6-9-20)16-25(29(28(31)37)40-14-15-41-29)33-27(36)22-4-3-12-32-26(22)35-13-11-23(34-35)21-10-7-19(30)17-24(21)39-2/h3-13,17,25H,14-16H2,1-2H3,(H2,31,37)(H,33,36). The molecule has 1 saturated heterocycles. The molecular formula is C29H28FN5O6. The molecule has 12 heteroatoms. The molecule has 0 saturated carbocycles. The van der Waals surface area contributed by atoms with E-state index in [4.69, 9.17) is 24.7 Å². The van der Waals surface area contributed by atoms with Crippen LogP contribution in [-0.2, 0) is 20.7 Å². The zero-order valence-corrected chi connectivity index (χ0v) is 22.4. The first-order valence-corrected chi connectivity index (χ1v) is 12.7. The smallest absolute Gasteiger partial charge is 0.280 e. The second-order valence-electron chi connectivity index (χ2n) is 9.17. The van der Waals surface area contributed by atoms with Crippen molar-refractivity contribution < 1.29 is 32.9 Å². The highest BCUT2D eigenvalue weighted by atomic mass is 19.1. The highest BCUT2D eigenvalue weighted by Gasteiger charge is 2.51. The third-order valence-corrected chi connectivity index (χ3v) is 6.70. The SMILES string of the molecule is COc1ccc(CC(NC(=O)c2cccnc2-n2ccc(-c3ccc(F)cc3OC)n2)C2(C(N)=O)OCCO2)cc1. The van der Waals surface area contributed by atoms with Crippen LogP contribution in [0.15, 0.2) is 73.1 Å². The van der Waals surface area contributed by atoms with Crippen molar-refractivity contribution in [2.75, 3.05) is 27.4 Å². The number of rotatable bonds is 10. The number of amides is 2. The lowest BCUT2D eigenvalue weighted by Crippen LogP contribution is -2.61. The molecule has 1 unspecified atom stereocenters. The maximum atomic E-state index is 13.7. The zero-order chi connectivity index (χ0) is 29.0. The summed E-state index contributed by atoms with van der Waals surface area (Å²) in [5.41, 5.74) is 7.74. The van der Waals surface area contributed by atoms with Crippen LogP contribution in [0.4, 0.5) is 4.39 Å². The first kappa shape index (κ1) is 27.7. The van der Waals surface area contributed by atoms with Gasteiger partial charge in [-0.15, -0.1) is 0 Å². The van der Waals surface area contributed by atoms with E-state index in [-0.39, 0.29) is 31.0 Å². The Kier molecular flexibility index (Phi) is 7.95. The van der Waals surface area contributed by atoms with Gasteiger partial charge in [0.15, 0.2) is 5.82 Å². The molecule has 2 aromatic carbocycles. The minimum absolute atomic E-state index is 0.138. The largest absolute Gasteiger partial charge is 0.497 e. The number of nitrogens with zero attached hydrogens (tertiary/aromatic N) is 3. The Morgan fingerprint density at radius 2 is 1.85 bits per heavy atom. The molecule has 212 valence electrons. The van der Waals surface area contributed by atoms with Gasteiger partial charge >= 0.3 is 0 Å². The fourth-order valence-electron chi connectivity index (χ4n) is 4.68. The van der Waals surface area contributed by atoms with Gasteiger partial charge in [-0.05, 0) is 54.4 Å². The topological polar surface area (TPSA) is 140 Å². The third kappa shape index (κ3) is 5.60. The Balaban J connectivity index is 1.46. The van der Waals surface area contributed by atoms with Gasteiger partial charge in [0.1, 0.15) is 17.3 Å². The van der Waals surface area contributed by atoms with Gasteiger partial charge in [-0.25, -0.2) is 14.1 Å². The third-order valence-electron chi connectivity index (χ3n) is 6.70. The fraction of sp³-hybridized carbons (Fsp3) is 0.241. The van der Waals surface area contributed by atoms with Crippen LogP contribution < -0.4 is 20.5 Å². The van der Waals surface area contributed by atoms with Crippen LogP contribution in [-0.4, -0.2) is 65.8 Å². The minimum atomic E-state index is -1.87. The molecule has 1 atom stereocenters. The van der Waals surface area contributed by atoms with Gasteiger partial charge in [0.2, 0.25) is 0 Å². The number of aromatic nitrogens is 3. The van der Waals surface area contributed by atoms with E-state index in [1.54, 1.807) is 49.7 Å². The molecule has 0 aliphatic carbocycles. The van der Waals surface area contributed by atoms with Crippen molar-refractivity contribution in [3.8, 4) is 28.6 Å². The number of benzene rings is 2. The number of methoxy groups -OCH3 is 2. The molecule has 0 spiro atoms. The molecule has 0 radical (unpaired) electrons. The molecule has 41 heavy (non-hydrogen) atoms. The normalized spacial score (nSPS) is 14.8. The molecule has 1 aliphatic rings. The number of carbonyl (C=O) groups excluding carboxylic acids is 2. The predicted octanol–water partition coefficient (Wildman–Crippen LogP) is 2.66. The van der Waals surface area contributed by atoms with Crippen molar-refractivity contribution in [2.24, 2.45) is 5.73 Å². The van der Waals surface area contributed by atoms with Crippen LogP contribution in [0.3, 0.4) is 0 Å². The van der Waals surface area contributed by atoms with Crippen molar-refractivity contribution in [1.82, 2.24) is 20.1 Å². The van der Waals surface area contributed by atoms with Crippen LogP contribution in [0.25, 0.3) is 17.1 Å². The summed E-state index contributed by atoms with van der Waals surface area (Å²) in [4.78, 5) is 30.7. The van der Waals surface area contributed by atoms with Crippen LogP contribution >= 0.6 is 0 Å². The van der Waals surface area contributed by atoms with Crippen molar-refractivity contribution in [1.29, 1.82) is 0 Å². The lowest BCUT2D eigenvalue weighted by atomic mass is 9.97. The lowest BCUT2D eigenvalue weighted by molar-refractivity contribution is -0.189. The molecule has 4 aromatic rings. The van der Waals surface area contributed by atoms with Crippen LogP contribution in [0.2, 0.25) is 0 Å². The van der Waals surface area contributed by atoms with Crippen LogP contribution in [0, 0.1) is 5.82 Å². The number of pyridine rings is 1. The van der Waals surface area contributed by atoms with Crippen molar-refractivity contribution in [3.05, 3.63) is 90.0 Å². The predicted molar refractivity (Wildman–Crippen MR) is 145 cm³/mol. The van der Waals surface area contributed by atoms with Gasteiger partial charge < -0.3 is 30.0 Å². The summed E-state index contributed by atoms with van der Waals surface area (Å²) in [5, 5.41) is 7.43. The summed E-state index contributed by atoms with van der Waals surface area (Å²) in [6.07, 6.45) is 3.32. The van der Waals surface area contributed by atoms with Gasteiger partial charge in [-0.1, -0.05) is 12.1 Å². The summed E-state index contributed by atoms with van der Waals surface area (Å²) in [6, 6.07) is 15.2. The van der Waals surface area contributed by atoms with Gasteiger partial charge in [0.25, 0.3) is 17.6 Å². The summed E-state index contributed by atoms with van der Waals surface area (Å²) in [7, 11) is 3.00. The highest BCUT2D eigenvalue weighted by Crippen LogP contribution is 2.30. The van der Waals surface area contributed by atoms with Crippen molar-refractivity contribution >= 4 is 11.8 Å². The number of hydrogen-bond donors (Lipinski definition) is 2. The summed E-state index contributed by atoms with van der Waals surface area (Å²) < 4.78 is 37.1. The van der Waals surface area contributed by atoms with Gasteiger partial charge in [0.05, 0.1) is 44.7 Å². The van der Waals surface area contributed by atoms with E-state index in [1.807, 2.05) is 12.1 Å². The fourth-order valence-corrected chi connectivity index (χ4v) is 4.68. The van der Waals surface area contributed by atoms with Crippen molar-refractivity contribution in [2.45, 2.75) is 18.2 Å². The molecule has 3 heterocycles. The van der Waals surface area contributed by atoms with E-state index in [2.05, 4.69) is 15.4 Å². The second kappa shape index (κ2) is 11.7. The number of halogens is 1. The van der Waals surface area contributed by atoms with Crippen LogP contribution in [0.1, 0.15) is 15.9 Å². The zero-order valence-electron chi connectivity index (χ0n) is 22.4. The van der Waals surface area contributed by atoms with E-state index in [1.165, 1.54) is 30.1 Å². The first-order chi connectivity index (χ1) is 19.8. The monoisotopic (exact) mass is 561 g/mol. The Morgan fingerprint density at radius 1 is 1.10 bits per heavy atom. The number of ether oxygens (including phenoxy) is 4. The van der Waals surface area contributed by atoms with Gasteiger partial charge in [-0.2, -0.15) is 5.10 Å². The summed E-state index contributed by atoms with van der Waals surface area (Å²) in [6.45, 7) is 0.276. The molecule has 1 fully saturated rings. The molecule has 2 aromatic heterocycles. The Hall–Kier alpha value is -4.81. The van der Waals surface area contributed by atoms with E-state index >= 15 is 0 Å². The lowest BCUT2D eigenvalue weighted by Gasteiger charge is -2.33. The van der Waals surface area contributed by atoms with Gasteiger partial charge in [-0.3, -0.25) is 9.59 Å². The average molecular weight is 562 g/mol. The van der Waals surface area contributed by atoms with E-state index < -0.39 is 29.5 Å². The van der Waals surface area contributed by atoms with Crippen molar-refractivity contribution in [3.63, 3.8) is 0 Å². The maximum Gasteiger partial charge on any atom is 0.280 e. The van der Waals surface area contributed by atoms with Crippen LogP contribution in [0.5, 0.6) is 11.5 Å². The number of nitrogens with two attached hydrogens (primary N) is 1. The molecule has 2 amide bonds.